The molecule has 1 aromatic carbocycles. The second kappa shape index (κ2) is 6.53. The molecule has 2 atom stereocenters. The van der Waals surface area contributed by atoms with Crippen LogP contribution in [0, 0.1) is 5.92 Å². The van der Waals surface area contributed by atoms with Gasteiger partial charge in [0.2, 0.25) is 0 Å². The Balaban J connectivity index is 2.17. The molecule has 0 spiro atoms. The summed E-state index contributed by atoms with van der Waals surface area (Å²) < 4.78 is 2.07. The van der Waals surface area contributed by atoms with Gasteiger partial charge in [-0.05, 0) is 25.8 Å². The first-order valence-electron chi connectivity index (χ1n) is 6.91. The number of halogens is 1. The number of benzene rings is 1. The minimum atomic E-state index is 0.477. The number of para-hydroxylation sites is 1. The molecule has 0 saturated carbocycles. The molecule has 0 aliphatic rings. The summed E-state index contributed by atoms with van der Waals surface area (Å²) in [6.07, 6.45) is 0. The van der Waals surface area contributed by atoms with Crippen LogP contribution in [-0.2, 0) is 13.1 Å². The Labute approximate surface area is 123 Å². The highest BCUT2D eigenvalue weighted by atomic mass is 79.9. The first-order chi connectivity index (χ1) is 9.17. The molecule has 0 bridgehead atoms. The zero-order chi connectivity index (χ0) is 13.8. The van der Waals surface area contributed by atoms with E-state index in [1.54, 1.807) is 0 Å². The summed E-state index contributed by atoms with van der Waals surface area (Å²) in [4.78, 5) is 0. The van der Waals surface area contributed by atoms with E-state index in [-0.39, 0.29) is 0 Å². The third-order valence-electron chi connectivity index (χ3n) is 3.72. The quantitative estimate of drug-likeness (QED) is 0.824. The molecule has 1 N–H and O–H groups in total. The summed E-state index contributed by atoms with van der Waals surface area (Å²) in [5.74, 6) is 0.611. The lowest BCUT2D eigenvalue weighted by Crippen LogP contribution is -2.32. The largest absolute Gasteiger partial charge is 0.308 e. The van der Waals surface area contributed by atoms with Gasteiger partial charge in [0, 0.05) is 29.8 Å². The zero-order valence-electron chi connectivity index (χ0n) is 11.9. The molecule has 0 fully saturated rings. The molecule has 2 aromatic rings. The molecule has 1 heterocycles. The van der Waals surface area contributed by atoms with Gasteiger partial charge >= 0.3 is 0 Å². The fourth-order valence-electron chi connectivity index (χ4n) is 2.16. The molecule has 0 saturated heterocycles. The van der Waals surface area contributed by atoms with Gasteiger partial charge in [-0.3, -0.25) is 4.68 Å². The third-order valence-corrected chi connectivity index (χ3v) is 4.74. The zero-order valence-corrected chi connectivity index (χ0v) is 13.4. The Bertz CT molecular complexity index is 535. The van der Waals surface area contributed by atoms with Crippen molar-refractivity contribution in [3.63, 3.8) is 0 Å². The molecule has 19 heavy (non-hydrogen) atoms. The molecule has 0 aliphatic heterocycles. The van der Waals surface area contributed by atoms with Gasteiger partial charge < -0.3 is 5.32 Å². The topological polar surface area (TPSA) is 29.9 Å². The van der Waals surface area contributed by atoms with Crippen molar-refractivity contribution in [2.45, 2.75) is 39.9 Å². The van der Waals surface area contributed by atoms with E-state index in [2.05, 4.69) is 71.0 Å². The highest BCUT2D eigenvalue weighted by Crippen LogP contribution is 2.18. The smallest absolute Gasteiger partial charge is 0.0841 e. The maximum atomic E-state index is 4.71. The van der Waals surface area contributed by atoms with E-state index in [1.807, 2.05) is 0 Å². The summed E-state index contributed by atoms with van der Waals surface area (Å²) in [6, 6.07) is 8.93. The van der Waals surface area contributed by atoms with Crippen molar-refractivity contribution in [2.75, 3.05) is 5.33 Å². The average Bonchev–Trinajstić information content (AvgIpc) is 2.82. The van der Waals surface area contributed by atoms with Crippen LogP contribution < -0.4 is 5.32 Å². The predicted octanol–water partition coefficient (Wildman–Crippen LogP) is 3.57. The monoisotopic (exact) mass is 323 g/mol. The summed E-state index contributed by atoms with van der Waals surface area (Å²) in [5, 5.41) is 10.6. The standard InChI is InChI=1S/C15H22BrN3/c1-4-19-15-8-6-5-7-13(15)14(18-19)10-17-12(3)11(2)9-16/h5-8,11-12,17H,4,9-10H2,1-3H3. The van der Waals surface area contributed by atoms with Gasteiger partial charge in [0.15, 0.2) is 0 Å². The highest BCUT2D eigenvalue weighted by Gasteiger charge is 2.13. The van der Waals surface area contributed by atoms with Crippen LogP contribution in [0.5, 0.6) is 0 Å². The van der Waals surface area contributed by atoms with Crippen LogP contribution in [0.15, 0.2) is 24.3 Å². The van der Waals surface area contributed by atoms with E-state index >= 15 is 0 Å². The Morgan fingerprint density at radius 3 is 2.74 bits per heavy atom. The third kappa shape index (κ3) is 3.18. The lowest BCUT2D eigenvalue weighted by molar-refractivity contribution is 0.430. The molecule has 4 heteroatoms. The normalized spacial score (nSPS) is 14.7. The number of aromatic nitrogens is 2. The van der Waals surface area contributed by atoms with Crippen molar-refractivity contribution < 1.29 is 0 Å². The Morgan fingerprint density at radius 1 is 1.32 bits per heavy atom. The molecular weight excluding hydrogens is 302 g/mol. The minimum absolute atomic E-state index is 0.477. The van der Waals surface area contributed by atoms with E-state index in [4.69, 9.17) is 5.10 Å². The minimum Gasteiger partial charge on any atom is -0.308 e. The molecule has 1 aromatic heterocycles. The number of aryl methyl sites for hydroxylation is 1. The van der Waals surface area contributed by atoms with Gasteiger partial charge in [-0.1, -0.05) is 41.1 Å². The Morgan fingerprint density at radius 2 is 2.05 bits per heavy atom. The number of hydrogen-bond acceptors (Lipinski definition) is 2. The van der Waals surface area contributed by atoms with Crippen molar-refractivity contribution in [2.24, 2.45) is 5.92 Å². The number of fused-ring (bicyclic) bond motifs is 1. The van der Waals surface area contributed by atoms with Crippen LogP contribution in [-0.4, -0.2) is 21.2 Å². The molecule has 2 unspecified atom stereocenters. The first-order valence-corrected chi connectivity index (χ1v) is 8.03. The second-order valence-electron chi connectivity index (χ2n) is 5.08. The van der Waals surface area contributed by atoms with E-state index in [1.165, 1.54) is 10.9 Å². The number of rotatable bonds is 6. The van der Waals surface area contributed by atoms with Crippen molar-refractivity contribution in [3.8, 4) is 0 Å². The van der Waals surface area contributed by atoms with Crippen LogP contribution in [0.2, 0.25) is 0 Å². The number of nitrogens with one attached hydrogen (secondary N) is 1. The molecule has 104 valence electrons. The molecule has 2 rings (SSSR count). The van der Waals surface area contributed by atoms with Gasteiger partial charge in [-0.25, -0.2) is 0 Å². The van der Waals surface area contributed by atoms with Crippen LogP contribution >= 0.6 is 15.9 Å². The van der Waals surface area contributed by atoms with Crippen molar-refractivity contribution in [1.82, 2.24) is 15.1 Å². The predicted molar refractivity (Wildman–Crippen MR) is 84.7 cm³/mol. The average molecular weight is 324 g/mol. The SMILES string of the molecule is CCn1nc(CNC(C)C(C)CBr)c2ccccc21. The maximum Gasteiger partial charge on any atom is 0.0841 e. The number of hydrogen-bond donors (Lipinski definition) is 1. The van der Waals surface area contributed by atoms with E-state index in [0.717, 1.165) is 24.1 Å². The Hall–Kier alpha value is -0.870. The van der Waals surface area contributed by atoms with Crippen molar-refractivity contribution in [1.29, 1.82) is 0 Å². The van der Waals surface area contributed by atoms with Crippen molar-refractivity contribution >= 4 is 26.8 Å². The van der Waals surface area contributed by atoms with E-state index in [0.29, 0.717) is 12.0 Å². The lowest BCUT2D eigenvalue weighted by Gasteiger charge is -2.18. The van der Waals surface area contributed by atoms with Gasteiger partial charge in [0.1, 0.15) is 0 Å². The van der Waals surface area contributed by atoms with Crippen LogP contribution in [0.3, 0.4) is 0 Å². The molecule has 0 radical (unpaired) electrons. The molecule has 3 nitrogen and oxygen atoms in total. The lowest BCUT2D eigenvalue weighted by atomic mass is 10.1. The van der Waals surface area contributed by atoms with Gasteiger partial charge in [-0.2, -0.15) is 5.10 Å². The van der Waals surface area contributed by atoms with Gasteiger partial charge in [0.25, 0.3) is 0 Å². The van der Waals surface area contributed by atoms with Gasteiger partial charge in [-0.15, -0.1) is 0 Å². The Kier molecular flexibility index (Phi) is 4.99. The van der Waals surface area contributed by atoms with Gasteiger partial charge in [0.05, 0.1) is 11.2 Å². The van der Waals surface area contributed by atoms with Crippen LogP contribution in [0.25, 0.3) is 10.9 Å². The van der Waals surface area contributed by atoms with Crippen molar-refractivity contribution in [3.05, 3.63) is 30.0 Å². The van der Waals surface area contributed by atoms with E-state index in [9.17, 15) is 0 Å². The summed E-state index contributed by atoms with van der Waals surface area (Å²) in [6.45, 7) is 8.34. The van der Waals surface area contributed by atoms with E-state index < -0.39 is 0 Å². The summed E-state index contributed by atoms with van der Waals surface area (Å²) in [7, 11) is 0. The molecule has 0 aliphatic carbocycles. The van der Waals surface area contributed by atoms with Crippen LogP contribution in [0.4, 0.5) is 0 Å². The number of alkyl halides is 1. The second-order valence-corrected chi connectivity index (χ2v) is 5.73. The first kappa shape index (κ1) is 14.5. The fourth-order valence-corrected chi connectivity index (χ4v) is 2.72. The molecule has 0 amide bonds. The maximum absolute atomic E-state index is 4.71. The van der Waals surface area contributed by atoms with Crippen LogP contribution in [0.1, 0.15) is 26.5 Å². The molecular formula is C15H22BrN3. The number of nitrogens with zero attached hydrogens (tertiary/aromatic N) is 2. The highest BCUT2D eigenvalue weighted by molar-refractivity contribution is 9.09. The fraction of sp³-hybridized carbons (Fsp3) is 0.533. The summed E-state index contributed by atoms with van der Waals surface area (Å²) >= 11 is 3.54. The summed E-state index contributed by atoms with van der Waals surface area (Å²) in [5.41, 5.74) is 2.37.